The normalized spacial score (nSPS) is 17.5. The van der Waals surface area contributed by atoms with Crippen molar-refractivity contribution in [2.45, 2.75) is 25.9 Å². The van der Waals surface area contributed by atoms with Crippen LogP contribution >= 0.6 is 11.6 Å². The van der Waals surface area contributed by atoms with Gasteiger partial charge >= 0.3 is 0 Å². The summed E-state index contributed by atoms with van der Waals surface area (Å²) in [5, 5.41) is 7.17. The first-order chi connectivity index (χ1) is 10.7. The molecule has 1 aliphatic rings. The second-order valence-corrected chi connectivity index (χ2v) is 5.81. The lowest BCUT2D eigenvalue weighted by Crippen LogP contribution is -2.19. The average Bonchev–Trinajstić information content (AvgIpc) is 2.98. The number of halogens is 1. The minimum absolute atomic E-state index is 0.277. The van der Waals surface area contributed by atoms with Crippen LogP contribution in [-0.2, 0) is 4.74 Å². The van der Waals surface area contributed by atoms with Crippen molar-refractivity contribution in [1.29, 1.82) is 0 Å². The topological polar surface area (TPSA) is 59.1 Å². The van der Waals surface area contributed by atoms with Crippen molar-refractivity contribution in [3.8, 4) is 0 Å². The van der Waals surface area contributed by atoms with Gasteiger partial charge in [0.1, 0.15) is 5.82 Å². The molecule has 0 radical (unpaired) electrons. The first-order valence-corrected chi connectivity index (χ1v) is 7.80. The number of benzene rings is 1. The maximum atomic E-state index is 5.99. The summed E-state index contributed by atoms with van der Waals surface area (Å²) >= 11 is 5.99. The van der Waals surface area contributed by atoms with E-state index < -0.39 is 0 Å². The number of hydrogen-bond acceptors (Lipinski definition) is 5. The van der Waals surface area contributed by atoms with Crippen LogP contribution in [0.1, 0.15) is 18.5 Å². The van der Waals surface area contributed by atoms with Crippen LogP contribution in [0.5, 0.6) is 0 Å². The Balaban J connectivity index is 1.68. The summed E-state index contributed by atoms with van der Waals surface area (Å²) in [5.41, 5.74) is 1.76. The van der Waals surface area contributed by atoms with Crippen molar-refractivity contribution in [1.82, 2.24) is 9.97 Å². The third-order valence-corrected chi connectivity index (χ3v) is 3.70. The minimum Gasteiger partial charge on any atom is -0.376 e. The number of hydrogen-bond donors (Lipinski definition) is 2. The molecule has 116 valence electrons. The molecule has 1 saturated heterocycles. The summed E-state index contributed by atoms with van der Waals surface area (Å²) in [6, 6.07) is 9.41. The summed E-state index contributed by atoms with van der Waals surface area (Å²) in [6.07, 6.45) is 2.51. The molecule has 0 bridgehead atoms. The van der Waals surface area contributed by atoms with Crippen LogP contribution in [0.25, 0.3) is 0 Å². The van der Waals surface area contributed by atoms with E-state index in [0.29, 0.717) is 11.0 Å². The van der Waals surface area contributed by atoms with Crippen LogP contribution in [0.15, 0.2) is 30.3 Å². The van der Waals surface area contributed by atoms with Gasteiger partial charge in [0.2, 0.25) is 5.95 Å². The quantitative estimate of drug-likeness (QED) is 0.878. The van der Waals surface area contributed by atoms with Gasteiger partial charge in [-0.1, -0.05) is 17.7 Å². The Labute approximate surface area is 135 Å². The molecule has 2 N–H and O–H groups in total. The van der Waals surface area contributed by atoms with Gasteiger partial charge in [-0.25, -0.2) is 4.98 Å². The van der Waals surface area contributed by atoms with Gasteiger partial charge in [0, 0.05) is 35.6 Å². The lowest BCUT2D eigenvalue weighted by Gasteiger charge is -2.13. The second-order valence-electron chi connectivity index (χ2n) is 5.37. The highest BCUT2D eigenvalue weighted by atomic mass is 35.5. The standard InChI is InChI=1S/C16H19ClN4O/c1-11-8-15(18-10-14-6-3-7-22-14)21-16(19-11)20-13-5-2-4-12(17)9-13/h2,4-5,8-9,14H,3,6-7,10H2,1H3,(H2,18,19,20,21). The summed E-state index contributed by atoms with van der Waals surface area (Å²) in [5.74, 6) is 1.35. The van der Waals surface area contributed by atoms with Gasteiger partial charge in [-0.15, -0.1) is 0 Å². The van der Waals surface area contributed by atoms with Crippen LogP contribution in [0.3, 0.4) is 0 Å². The van der Waals surface area contributed by atoms with Gasteiger partial charge in [-0.05, 0) is 38.0 Å². The van der Waals surface area contributed by atoms with Crippen molar-refractivity contribution in [2.24, 2.45) is 0 Å². The second kappa shape index (κ2) is 6.94. The van der Waals surface area contributed by atoms with Crippen LogP contribution in [0, 0.1) is 6.92 Å². The van der Waals surface area contributed by atoms with Crippen LogP contribution in [0.2, 0.25) is 5.02 Å². The Hall–Kier alpha value is -1.85. The number of aryl methyl sites for hydroxylation is 1. The maximum Gasteiger partial charge on any atom is 0.229 e. The van der Waals surface area contributed by atoms with E-state index in [1.807, 2.05) is 37.3 Å². The molecule has 1 fully saturated rings. The third kappa shape index (κ3) is 4.08. The first-order valence-electron chi connectivity index (χ1n) is 7.43. The fourth-order valence-corrected chi connectivity index (χ4v) is 2.62. The summed E-state index contributed by atoms with van der Waals surface area (Å²) in [6.45, 7) is 3.58. The summed E-state index contributed by atoms with van der Waals surface area (Å²) < 4.78 is 5.61. The Bertz CT molecular complexity index is 644. The molecular formula is C16H19ClN4O. The summed E-state index contributed by atoms with van der Waals surface area (Å²) in [4.78, 5) is 8.89. The number of ether oxygens (including phenoxy) is 1. The maximum absolute atomic E-state index is 5.99. The number of nitrogens with one attached hydrogen (secondary N) is 2. The zero-order chi connectivity index (χ0) is 15.4. The molecule has 1 aromatic heterocycles. The zero-order valence-electron chi connectivity index (χ0n) is 12.5. The van der Waals surface area contributed by atoms with Crippen LogP contribution < -0.4 is 10.6 Å². The molecule has 1 atom stereocenters. The van der Waals surface area contributed by atoms with E-state index in [0.717, 1.165) is 43.2 Å². The fraction of sp³-hybridized carbons (Fsp3) is 0.375. The molecule has 1 aliphatic heterocycles. The van der Waals surface area contributed by atoms with E-state index in [1.54, 1.807) is 0 Å². The van der Waals surface area contributed by atoms with Crippen LogP contribution in [0.4, 0.5) is 17.5 Å². The zero-order valence-corrected chi connectivity index (χ0v) is 13.2. The predicted octanol–water partition coefficient (Wildman–Crippen LogP) is 3.77. The monoisotopic (exact) mass is 318 g/mol. The van der Waals surface area contributed by atoms with Gasteiger partial charge < -0.3 is 15.4 Å². The van der Waals surface area contributed by atoms with E-state index in [1.165, 1.54) is 0 Å². The lowest BCUT2D eigenvalue weighted by atomic mass is 10.2. The molecule has 2 aromatic rings. The number of anilines is 3. The van der Waals surface area contributed by atoms with Crippen molar-refractivity contribution >= 4 is 29.1 Å². The smallest absolute Gasteiger partial charge is 0.229 e. The highest BCUT2D eigenvalue weighted by Crippen LogP contribution is 2.20. The first kappa shape index (κ1) is 15.1. The van der Waals surface area contributed by atoms with Crippen molar-refractivity contribution in [3.63, 3.8) is 0 Å². The highest BCUT2D eigenvalue weighted by Gasteiger charge is 2.15. The molecule has 6 heteroatoms. The molecule has 1 unspecified atom stereocenters. The van der Waals surface area contributed by atoms with E-state index in [2.05, 4.69) is 20.6 Å². The fourth-order valence-electron chi connectivity index (χ4n) is 2.43. The van der Waals surface area contributed by atoms with E-state index in [9.17, 15) is 0 Å². The largest absolute Gasteiger partial charge is 0.376 e. The predicted molar refractivity (Wildman–Crippen MR) is 89.0 cm³/mol. The van der Waals surface area contributed by atoms with E-state index in [4.69, 9.17) is 16.3 Å². The third-order valence-electron chi connectivity index (χ3n) is 3.47. The molecule has 22 heavy (non-hydrogen) atoms. The van der Waals surface area contributed by atoms with E-state index in [-0.39, 0.29) is 6.10 Å². The van der Waals surface area contributed by atoms with E-state index >= 15 is 0 Å². The van der Waals surface area contributed by atoms with Gasteiger partial charge in [-0.3, -0.25) is 0 Å². The Morgan fingerprint density at radius 1 is 1.32 bits per heavy atom. The van der Waals surface area contributed by atoms with Crippen molar-refractivity contribution in [2.75, 3.05) is 23.8 Å². The number of aromatic nitrogens is 2. The van der Waals surface area contributed by atoms with Gasteiger partial charge in [0.05, 0.1) is 6.10 Å². The van der Waals surface area contributed by atoms with Crippen LogP contribution in [-0.4, -0.2) is 29.2 Å². The lowest BCUT2D eigenvalue weighted by molar-refractivity contribution is 0.120. The number of nitrogens with zero attached hydrogens (tertiary/aromatic N) is 2. The van der Waals surface area contributed by atoms with Gasteiger partial charge in [0.25, 0.3) is 0 Å². The molecule has 5 nitrogen and oxygen atoms in total. The van der Waals surface area contributed by atoms with Gasteiger partial charge in [-0.2, -0.15) is 4.98 Å². The SMILES string of the molecule is Cc1cc(NCC2CCCO2)nc(Nc2cccc(Cl)c2)n1. The number of rotatable bonds is 5. The van der Waals surface area contributed by atoms with Gasteiger partial charge in [0.15, 0.2) is 0 Å². The van der Waals surface area contributed by atoms with Crippen molar-refractivity contribution < 1.29 is 4.74 Å². The molecule has 0 aliphatic carbocycles. The Morgan fingerprint density at radius 2 is 2.23 bits per heavy atom. The minimum atomic E-state index is 0.277. The molecule has 3 rings (SSSR count). The average molecular weight is 319 g/mol. The molecule has 0 amide bonds. The Morgan fingerprint density at radius 3 is 3.00 bits per heavy atom. The molecule has 0 saturated carbocycles. The highest BCUT2D eigenvalue weighted by molar-refractivity contribution is 6.30. The Kier molecular flexibility index (Phi) is 4.75. The summed E-state index contributed by atoms with van der Waals surface area (Å²) in [7, 11) is 0. The molecular weight excluding hydrogens is 300 g/mol. The van der Waals surface area contributed by atoms with Crippen molar-refractivity contribution in [3.05, 3.63) is 41.0 Å². The molecule has 0 spiro atoms. The molecule has 2 heterocycles. The molecule has 1 aromatic carbocycles.